The third-order valence-electron chi connectivity index (χ3n) is 11.8. The molecule has 63 heavy (non-hydrogen) atoms. The molecule has 0 bridgehead atoms. The lowest BCUT2D eigenvalue weighted by molar-refractivity contribution is 0.303. The molecule has 15 nitrogen and oxygen atoms in total. The summed E-state index contributed by atoms with van der Waals surface area (Å²) >= 11 is 0. The highest BCUT2D eigenvalue weighted by Gasteiger charge is 2.22. The molecule has 0 spiro atoms. The average molecular weight is 849 g/mol. The van der Waals surface area contributed by atoms with Crippen LogP contribution in [-0.4, -0.2) is 91.9 Å². The zero-order valence-corrected chi connectivity index (χ0v) is 35.3. The summed E-state index contributed by atoms with van der Waals surface area (Å²) < 4.78 is 41.7. The lowest BCUT2D eigenvalue weighted by Gasteiger charge is -2.21. The number of nitrogens with zero attached hydrogens (tertiary/aromatic N) is 12. The van der Waals surface area contributed by atoms with Crippen LogP contribution < -0.4 is 15.4 Å². The summed E-state index contributed by atoms with van der Waals surface area (Å²) in [5, 5.41) is 34.4. The SMILES string of the molecule is Cc1cn2nc(-c3cc(F)c4cc(C5CCNC5)nnc4c3)cc(C)c2n1.Cc1cn2nc(-c3cc(F)c4cc(C5CCNCC5)nnc4c3)cc(OCCCn3ccnc3)c2n1. The number of nitrogens with one attached hydrogen (secondary N) is 2. The van der Waals surface area contributed by atoms with Crippen LogP contribution in [-0.2, 0) is 6.54 Å². The van der Waals surface area contributed by atoms with Crippen molar-refractivity contribution in [1.82, 2.24) is 69.8 Å². The lowest BCUT2D eigenvalue weighted by atomic mass is 9.93. The van der Waals surface area contributed by atoms with E-state index < -0.39 is 0 Å². The lowest BCUT2D eigenvalue weighted by Crippen LogP contribution is -2.27. The maximum atomic E-state index is 15.3. The van der Waals surface area contributed by atoms with E-state index in [1.54, 1.807) is 21.6 Å². The Kier molecular flexibility index (Phi) is 10.9. The van der Waals surface area contributed by atoms with E-state index in [1.165, 1.54) is 12.1 Å². The highest BCUT2D eigenvalue weighted by Crippen LogP contribution is 2.32. The Labute approximate surface area is 361 Å². The van der Waals surface area contributed by atoms with Gasteiger partial charge in [-0.25, -0.2) is 32.8 Å². The fourth-order valence-electron chi connectivity index (χ4n) is 8.50. The van der Waals surface area contributed by atoms with Gasteiger partial charge in [-0.1, -0.05) is 0 Å². The van der Waals surface area contributed by atoms with E-state index in [0.29, 0.717) is 74.2 Å². The van der Waals surface area contributed by atoms with Gasteiger partial charge in [0.15, 0.2) is 17.0 Å². The molecular weight excluding hydrogens is 803 g/mol. The molecule has 1 atom stereocenters. The largest absolute Gasteiger partial charge is 0.489 e. The smallest absolute Gasteiger partial charge is 0.196 e. The van der Waals surface area contributed by atoms with Crippen molar-refractivity contribution in [1.29, 1.82) is 0 Å². The van der Waals surface area contributed by atoms with Crippen molar-refractivity contribution in [3.63, 3.8) is 0 Å². The summed E-state index contributed by atoms with van der Waals surface area (Å²) in [6, 6.07) is 14.1. The number of aromatic nitrogens is 12. The summed E-state index contributed by atoms with van der Waals surface area (Å²) in [5.41, 5.74) is 9.47. The third-order valence-corrected chi connectivity index (χ3v) is 11.8. The minimum atomic E-state index is -0.334. The van der Waals surface area contributed by atoms with Gasteiger partial charge in [0.2, 0.25) is 0 Å². The monoisotopic (exact) mass is 848 g/mol. The number of benzene rings is 2. The molecule has 2 aliphatic heterocycles. The molecule has 0 amide bonds. The van der Waals surface area contributed by atoms with Crippen LogP contribution in [0.5, 0.6) is 5.75 Å². The first-order valence-corrected chi connectivity index (χ1v) is 21.4. The number of hydrogen-bond donors (Lipinski definition) is 2. The molecule has 0 radical (unpaired) electrons. The van der Waals surface area contributed by atoms with Crippen LogP contribution in [0.2, 0.25) is 0 Å². The Hall–Kier alpha value is -6.85. The predicted octanol–water partition coefficient (Wildman–Crippen LogP) is 7.09. The van der Waals surface area contributed by atoms with Crippen LogP contribution >= 0.6 is 0 Å². The Morgan fingerprint density at radius 1 is 0.683 bits per heavy atom. The second-order valence-corrected chi connectivity index (χ2v) is 16.4. The number of aryl methyl sites for hydroxylation is 4. The Morgan fingerprint density at radius 3 is 1.92 bits per heavy atom. The summed E-state index contributed by atoms with van der Waals surface area (Å²) in [6.45, 7) is 10.8. The van der Waals surface area contributed by atoms with Crippen molar-refractivity contribution >= 4 is 33.1 Å². The number of fused-ring (bicyclic) bond motifs is 4. The standard InChI is InChI=1S/C26H27FN8O.C20H19FN6/c1-17-15-35-26(30-17)25(36-10-2-8-34-9-7-29-16-34)14-23(33-35)19-11-21(27)20-13-22(31-32-24(20)12-19)18-3-5-28-6-4-18;1-11-5-18(26-27-10-12(2)23-20(11)27)14-6-16(21)15-8-17(13-3-4-22-9-13)24-25-19(15)7-14/h7,9,11-16,18,28H,2-6,8,10H2,1H3;5-8,10,13,22H,3-4,9H2,1-2H3. The van der Waals surface area contributed by atoms with Gasteiger partial charge in [0, 0.05) is 65.3 Å². The second kappa shape index (κ2) is 17.1. The molecule has 2 N–H and O–H groups in total. The van der Waals surface area contributed by atoms with Gasteiger partial charge >= 0.3 is 0 Å². The maximum Gasteiger partial charge on any atom is 0.196 e. The summed E-state index contributed by atoms with van der Waals surface area (Å²) in [5.74, 6) is 0.582. The number of hydrogen-bond acceptors (Lipinski definition) is 12. The van der Waals surface area contributed by atoms with Crippen LogP contribution in [0.4, 0.5) is 8.78 Å². The van der Waals surface area contributed by atoms with E-state index in [0.717, 1.165) is 92.4 Å². The number of halogens is 2. The van der Waals surface area contributed by atoms with Gasteiger partial charge in [0.1, 0.15) is 11.6 Å². The molecule has 0 aliphatic carbocycles. The molecule has 2 aliphatic rings. The number of rotatable bonds is 9. The summed E-state index contributed by atoms with van der Waals surface area (Å²) in [4.78, 5) is 13.1. The normalized spacial score (nSPS) is 15.7. The van der Waals surface area contributed by atoms with E-state index >= 15 is 4.39 Å². The zero-order valence-electron chi connectivity index (χ0n) is 35.3. The van der Waals surface area contributed by atoms with Crippen molar-refractivity contribution < 1.29 is 13.5 Å². The van der Waals surface area contributed by atoms with E-state index in [1.807, 2.05) is 80.3 Å². The summed E-state index contributed by atoms with van der Waals surface area (Å²) in [7, 11) is 0. The van der Waals surface area contributed by atoms with Crippen molar-refractivity contribution in [2.75, 3.05) is 32.8 Å². The first-order chi connectivity index (χ1) is 30.7. The van der Waals surface area contributed by atoms with Gasteiger partial charge in [-0.3, -0.25) is 0 Å². The third kappa shape index (κ3) is 8.40. The minimum absolute atomic E-state index is 0.300. The molecule has 17 heteroatoms. The van der Waals surface area contributed by atoms with Crippen molar-refractivity contribution in [3.8, 4) is 28.3 Å². The topological polar surface area (TPSA) is 163 Å². The molecular formula is C46H46F2N14O. The van der Waals surface area contributed by atoms with Crippen LogP contribution in [0.15, 0.2) is 79.6 Å². The van der Waals surface area contributed by atoms with Crippen molar-refractivity contribution in [3.05, 3.63) is 120 Å². The van der Waals surface area contributed by atoms with Gasteiger partial charge in [0.25, 0.3) is 0 Å². The Morgan fingerprint density at radius 2 is 1.29 bits per heavy atom. The average Bonchev–Trinajstić information content (AvgIpc) is 4.14. The van der Waals surface area contributed by atoms with Crippen LogP contribution in [0.1, 0.15) is 65.9 Å². The first-order valence-electron chi connectivity index (χ1n) is 21.4. The van der Waals surface area contributed by atoms with Gasteiger partial charge in [-0.2, -0.15) is 30.6 Å². The van der Waals surface area contributed by atoms with Crippen LogP contribution in [0, 0.1) is 32.4 Å². The van der Waals surface area contributed by atoms with Crippen LogP contribution in [0.3, 0.4) is 0 Å². The van der Waals surface area contributed by atoms with Gasteiger partial charge < -0.3 is 19.9 Å². The van der Waals surface area contributed by atoms with Crippen molar-refractivity contribution in [2.24, 2.45) is 0 Å². The number of imidazole rings is 3. The maximum absolute atomic E-state index is 15.3. The highest BCUT2D eigenvalue weighted by molar-refractivity contribution is 5.85. The summed E-state index contributed by atoms with van der Waals surface area (Å²) in [6.07, 6.45) is 12.9. The first kappa shape index (κ1) is 40.2. The minimum Gasteiger partial charge on any atom is -0.489 e. The molecule has 2 aromatic carbocycles. The molecule has 2 fully saturated rings. The van der Waals surface area contributed by atoms with Gasteiger partial charge in [-0.05, 0) is 114 Å². The highest BCUT2D eigenvalue weighted by atomic mass is 19.1. The zero-order chi connectivity index (χ0) is 43.0. The van der Waals surface area contributed by atoms with Crippen LogP contribution in [0.25, 0.3) is 55.6 Å². The quantitative estimate of drug-likeness (QED) is 0.142. The predicted molar refractivity (Wildman–Crippen MR) is 235 cm³/mol. The fraction of sp³-hybridized carbons (Fsp3) is 0.326. The molecule has 9 heterocycles. The van der Waals surface area contributed by atoms with E-state index in [9.17, 15) is 4.39 Å². The number of piperidine rings is 1. The molecule has 320 valence electrons. The molecule has 2 saturated heterocycles. The molecule has 11 rings (SSSR count). The van der Waals surface area contributed by atoms with Gasteiger partial charge in [0.05, 0.1) is 70.5 Å². The molecule has 1 unspecified atom stereocenters. The molecule has 7 aromatic heterocycles. The number of ether oxygens (including phenoxy) is 1. The van der Waals surface area contributed by atoms with E-state index in [-0.39, 0.29) is 11.6 Å². The molecule has 9 aromatic rings. The van der Waals surface area contributed by atoms with E-state index in [4.69, 9.17) is 4.74 Å². The van der Waals surface area contributed by atoms with Gasteiger partial charge in [-0.15, -0.1) is 0 Å². The van der Waals surface area contributed by atoms with Crippen molar-refractivity contribution in [2.45, 2.75) is 64.8 Å². The molecule has 0 saturated carbocycles. The Bertz CT molecular complexity index is 3100. The second-order valence-electron chi connectivity index (χ2n) is 16.4. The fourth-order valence-corrected chi connectivity index (χ4v) is 8.50. The Balaban J connectivity index is 0.000000156. The van der Waals surface area contributed by atoms with E-state index in [2.05, 4.69) is 56.2 Å².